The van der Waals surface area contributed by atoms with Crippen molar-refractivity contribution in [3.63, 3.8) is 0 Å². The van der Waals surface area contributed by atoms with Gasteiger partial charge in [0, 0.05) is 0 Å². The van der Waals surface area contributed by atoms with E-state index in [-0.39, 0.29) is 14.5 Å². The molecule has 0 unspecified atom stereocenters. The van der Waals surface area contributed by atoms with Gasteiger partial charge < -0.3 is 0 Å². The summed E-state index contributed by atoms with van der Waals surface area (Å²) in [6.45, 7) is 0. The molecule has 0 aliphatic carbocycles. The molecule has 0 atom stereocenters. The van der Waals surface area contributed by atoms with Crippen LogP contribution in [0.2, 0.25) is 5.02 Å². The average molecular weight is 259 g/mol. The summed E-state index contributed by atoms with van der Waals surface area (Å²) in [5.41, 5.74) is 5.20. The second-order valence-electron chi connectivity index (χ2n) is 2.61. The van der Waals surface area contributed by atoms with Gasteiger partial charge >= 0.3 is 85.9 Å². The summed E-state index contributed by atoms with van der Waals surface area (Å²) in [6, 6.07) is 7.74. The molecule has 0 bridgehead atoms. The monoisotopic (exact) mass is 259 g/mol. The Balaban J connectivity index is 2.81. The second kappa shape index (κ2) is 3.18. The van der Waals surface area contributed by atoms with Gasteiger partial charge in [-0.3, -0.25) is 0 Å². The predicted molar refractivity (Wildman–Crippen MR) is 54.4 cm³/mol. The molecular weight excluding hydrogens is 253 g/mol. The number of hydrogen-bond acceptors (Lipinski definition) is 1. The molecule has 0 spiro atoms. The maximum absolute atomic E-state index is 11.0. The first-order valence-corrected chi connectivity index (χ1v) is 5.76. The summed E-state index contributed by atoms with van der Waals surface area (Å²) in [5, 5.41) is 1.49. The second-order valence-corrected chi connectivity index (χ2v) is 5.19. The van der Waals surface area contributed by atoms with Crippen LogP contribution in [0.4, 0.5) is 0 Å². The molecule has 4 heteroatoms. The molecule has 0 fully saturated rings. The summed E-state index contributed by atoms with van der Waals surface area (Å²) < 4.78 is 1.71. The van der Waals surface area contributed by atoms with E-state index in [9.17, 15) is 4.79 Å². The quantitative estimate of drug-likeness (QED) is 0.777. The average Bonchev–Trinajstić information content (AvgIpc) is 2.45. The van der Waals surface area contributed by atoms with Gasteiger partial charge in [-0.2, -0.15) is 0 Å². The van der Waals surface area contributed by atoms with E-state index in [0.717, 1.165) is 9.65 Å². The van der Waals surface area contributed by atoms with E-state index in [4.69, 9.17) is 17.3 Å². The van der Waals surface area contributed by atoms with Gasteiger partial charge in [0.1, 0.15) is 0 Å². The van der Waals surface area contributed by atoms with Crippen molar-refractivity contribution < 1.29 is 4.79 Å². The van der Waals surface area contributed by atoms with Gasteiger partial charge in [0.2, 0.25) is 0 Å². The Kier molecular flexibility index (Phi) is 2.16. The standard InChI is InChI=1S/C9H6ClNOSe/c10-7-5-3-1-2-4-6(5)13-8(7)9(11)12/h1-4H,(H2,11,12). The number of primary amides is 1. The molecular formula is C9H6ClNOSe. The van der Waals surface area contributed by atoms with Gasteiger partial charge in [0.05, 0.1) is 0 Å². The Labute approximate surface area is 86.0 Å². The van der Waals surface area contributed by atoms with Crippen molar-refractivity contribution in [3.05, 3.63) is 33.7 Å². The zero-order chi connectivity index (χ0) is 9.42. The summed E-state index contributed by atoms with van der Waals surface area (Å²) in [5.74, 6) is -0.402. The van der Waals surface area contributed by atoms with Crippen molar-refractivity contribution in [1.82, 2.24) is 0 Å². The molecule has 2 N–H and O–H groups in total. The fourth-order valence-electron chi connectivity index (χ4n) is 1.17. The van der Waals surface area contributed by atoms with E-state index < -0.39 is 5.91 Å². The number of halogens is 1. The normalized spacial score (nSPS) is 10.5. The van der Waals surface area contributed by atoms with Crippen molar-refractivity contribution in [2.75, 3.05) is 0 Å². The SMILES string of the molecule is NC(=O)c1[se]c2ccccc2c1Cl. The summed E-state index contributed by atoms with van der Waals surface area (Å²) in [7, 11) is 0. The zero-order valence-corrected chi connectivity index (χ0v) is 9.05. The van der Waals surface area contributed by atoms with Crippen molar-refractivity contribution in [3.8, 4) is 0 Å². The third-order valence-corrected chi connectivity index (χ3v) is 4.89. The number of fused-ring (bicyclic) bond motifs is 1. The Bertz CT molecular complexity index is 477. The summed E-state index contributed by atoms with van der Waals surface area (Å²) in [4.78, 5) is 11.0. The van der Waals surface area contributed by atoms with Crippen molar-refractivity contribution >= 4 is 41.7 Å². The Morgan fingerprint density at radius 3 is 2.69 bits per heavy atom. The number of rotatable bonds is 1. The molecule has 13 heavy (non-hydrogen) atoms. The molecule has 1 heterocycles. The molecule has 1 aromatic carbocycles. The Hall–Kier alpha value is -0.761. The molecule has 2 aromatic rings. The molecule has 66 valence electrons. The first-order valence-electron chi connectivity index (χ1n) is 3.67. The van der Waals surface area contributed by atoms with E-state index >= 15 is 0 Å². The minimum absolute atomic E-state index is 0.0144. The van der Waals surface area contributed by atoms with Crippen molar-refractivity contribution in [2.24, 2.45) is 5.73 Å². The number of carbonyl (C=O) groups excluding carboxylic acids is 1. The summed E-state index contributed by atoms with van der Waals surface area (Å²) in [6.07, 6.45) is 0. The Morgan fingerprint density at radius 1 is 1.38 bits per heavy atom. The number of hydrogen-bond donors (Lipinski definition) is 1. The zero-order valence-electron chi connectivity index (χ0n) is 6.58. The fraction of sp³-hybridized carbons (Fsp3) is 0. The van der Waals surface area contributed by atoms with Crippen molar-refractivity contribution in [1.29, 1.82) is 0 Å². The van der Waals surface area contributed by atoms with Crippen molar-refractivity contribution in [2.45, 2.75) is 0 Å². The van der Waals surface area contributed by atoms with E-state index in [2.05, 4.69) is 0 Å². The fourth-order valence-corrected chi connectivity index (χ4v) is 3.74. The first-order chi connectivity index (χ1) is 6.20. The molecule has 0 aliphatic heterocycles. The van der Waals surface area contributed by atoms with Gasteiger partial charge in [-0.25, -0.2) is 0 Å². The molecule has 0 saturated heterocycles. The van der Waals surface area contributed by atoms with Crippen LogP contribution < -0.4 is 5.73 Å². The van der Waals surface area contributed by atoms with Crippen LogP contribution in [0.25, 0.3) is 9.65 Å². The van der Waals surface area contributed by atoms with E-state index in [1.54, 1.807) is 0 Å². The van der Waals surface area contributed by atoms with E-state index in [0.29, 0.717) is 9.46 Å². The van der Waals surface area contributed by atoms with Crippen LogP contribution in [0.15, 0.2) is 24.3 Å². The molecule has 2 rings (SSSR count). The molecule has 2 nitrogen and oxygen atoms in total. The van der Waals surface area contributed by atoms with Crippen LogP contribution in [0.3, 0.4) is 0 Å². The molecule has 0 aliphatic rings. The van der Waals surface area contributed by atoms with Crippen LogP contribution in [0.1, 0.15) is 9.23 Å². The predicted octanol–water partition coefficient (Wildman–Crippen LogP) is 1.65. The molecule has 1 amide bonds. The first kappa shape index (κ1) is 8.82. The van der Waals surface area contributed by atoms with Gasteiger partial charge in [-0.15, -0.1) is 0 Å². The van der Waals surface area contributed by atoms with Crippen LogP contribution >= 0.6 is 11.6 Å². The van der Waals surface area contributed by atoms with Crippen LogP contribution in [0.5, 0.6) is 0 Å². The van der Waals surface area contributed by atoms with Gasteiger partial charge in [-0.05, 0) is 0 Å². The molecule has 0 saturated carbocycles. The van der Waals surface area contributed by atoms with Gasteiger partial charge in [0.25, 0.3) is 0 Å². The number of carbonyl (C=O) groups is 1. The van der Waals surface area contributed by atoms with Gasteiger partial charge in [-0.1, -0.05) is 0 Å². The maximum atomic E-state index is 11.0. The Morgan fingerprint density at radius 2 is 2.08 bits per heavy atom. The van der Waals surface area contributed by atoms with Crippen LogP contribution in [-0.4, -0.2) is 20.4 Å². The molecule has 0 radical (unpaired) electrons. The molecule has 1 aromatic heterocycles. The topological polar surface area (TPSA) is 43.1 Å². The number of nitrogens with two attached hydrogens (primary N) is 1. The minimum atomic E-state index is -0.402. The third kappa shape index (κ3) is 1.39. The summed E-state index contributed by atoms with van der Waals surface area (Å²) >= 11 is 5.98. The number of amides is 1. The van der Waals surface area contributed by atoms with Gasteiger partial charge in [0.15, 0.2) is 0 Å². The van der Waals surface area contributed by atoms with E-state index in [1.165, 1.54) is 0 Å². The number of benzene rings is 1. The van der Waals surface area contributed by atoms with Crippen LogP contribution in [0, 0.1) is 0 Å². The van der Waals surface area contributed by atoms with Crippen LogP contribution in [-0.2, 0) is 0 Å². The van der Waals surface area contributed by atoms with E-state index in [1.807, 2.05) is 24.3 Å². The third-order valence-electron chi connectivity index (χ3n) is 1.76.